The van der Waals surface area contributed by atoms with Gasteiger partial charge in [-0.1, -0.05) is 39.2 Å². The lowest BCUT2D eigenvalue weighted by atomic mass is 9.99. The molecule has 0 atom stereocenters. The lowest BCUT2D eigenvalue weighted by Gasteiger charge is -2.15. The van der Waals surface area contributed by atoms with Crippen LogP contribution in [0, 0.1) is 6.92 Å². The van der Waals surface area contributed by atoms with Crippen molar-refractivity contribution in [2.75, 3.05) is 20.1 Å². The molecule has 6 nitrogen and oxygen atoms in total. The van der Waals surface area contributed by atoms with Gasteiger partial charge in [0.05, 0.1) is 17.7 Å². The quantitative estimate of drug-likeness (QED) is 0.404. The molecule has 34 heavy (non-hydrogen) atoms. The highest BCUT2D eigenvalue weighted by Gasteiger charge is 2.14. The summed E-state index contributed by atoms with van der Waals surface area (Å²) in [4.78, 5) is 12.2. The summed E-state index contributed by atoms with van der Waals surface area (Å²) in [5.74, 6) is 0. The number of nitrogens with one attached hydrogen (secondary N) is 3. The summed E-state index contributed by atoms with van der Waals surface area (Å²) in [6, 6.07) is 4.06. The van der Waals surface area contributed by atoms with E-state index in [4.69, 9.17) is 0 Å². The SMILES string of the molecule is C=C(C(=C)c1cc2c(-n3cnc(C)c3)ccnc2[nH]1)/C(=C\C=C(/C)C1=CCNCC1)NC.CC. The van der Waals surface area contributed by atoms with Crippen molar-refractivity contribution in [1.29, 1.82) is 0 Å². The summed E-state index contributed by atoms with van der Waals surface area (Å²) in [5.41, 5.74) is 8.94. The summed E-state index contributed by atoms with van der Waals surface area (Å²) in [6.45, 7) is 18.7. The maximum absolute atomic E-state index is 4.50. The Morgan fingerprint density at radius 2 is 2.00 bits per heavy atom. The topological polar surface area (TPSA) is 70.6 Å². The molecule has 0 unspecified atom stereocenters. The van der Waals surface area contributed by atoms with Crippen molar-refractivity contribution in [2.24, 2.45) is 0 Å². The van der Waals surface area contributed by atoms with E-state index in [9.17, 15) is 0 Å². The zero-order valence-corrected chi connectivity index (χ0v) is 21.0. The van der Waals surface area contributed by atoms with E-state index < -0.39 is 0 Å². The second-order valence-corrected chi connectivity index (χ2v) is 8.02. The van der Waals surface area contributed by atoms with E-state index in [0.717, 1.165) is 64.5 Å². The fourth-order valence-corrected chi connectivity index (χ4v) is 3.91. The molecule has 0 saturated heterocycles. The van der Waals surface area contributed by atoms with Crippen LogP contribution < -0.4 is 10.6 Å². The molecule has 0 radical (unpaired) electrons. The third-order valence-electron chi connectivity index (χ3n) is 5.85. The smallest absolute Gasteiger partial charge is 0.139 e. The van der Waals surface area contributed by atoms with Crippen molar-refractivity contribution in [1.82, 2.24) is 30.2 Å². The number of likely N-dealkylation sites (N-methyl/N-ethyl adjacent to an activating group) is 1. The number of nitrogens with zero attached hydrogens (tertiary/aromatic N) is 3. The van der Waals surface area contributed by atoms with E-state index in [0.29, 0.717) is 0 Å². The Morgan fingerprint density at radius 3 is 2.65 bits per heavy atom. The van der Waals surface area contributed by atoms with E-state index >= 15 is 0 Å². The van der Waals surface area contributed by atoms with Crippen LogP contribution in [0.5, 0.6) is 0 Å². The molecular formula is C28H36N6. The third kappa shape index (κ3) is 5.46. The summed E-state index contributed by atoms with van der Waals surface area (Å²) in [7, 11) is 1.91. The van der Waals surface area contributed by atoms with Crippen LogP contribution >= 0.6 is 0 Å². The molecule has 3 aromatic heterocycles. The van der Waals surface area contributed by atoms with Crippen LogP contribution in [0.25, 0.3) is 22.3 Å². The van der Waals surface area contributed by atoms with Crippen molar-refractivity contribution in [3.05, 3.63) is 96.0 Å². The number of imidazole rings is 1. The Kier molecular flexibility index (Phi) is 8.44. The van der Waals surface area contributed by atoms with E-state index in [1.165, 1.54) is 11.1 Å². The molecule has 0 aromatic carbocycles. The van der Waals surface area contributed by atoms with Gasteiger partial charge in [-0.05, 0) is 67.3 Å². The van der Waals surface area contributed by atoms with Gasteiger partial charge in [0, 0.05) is 42.8 Å². The summed E-state index contributed by atoms with van der Waals surface area (Å²) >= 11 is 0. The Balaban J connectivity index is 0.00000158. The first-order chi connectivity index (χ1) is 16.5. The summed E-state index contributed by atoms with van der Waals surface area (Å²) in [6.07, 6.45) is 13.2. The van der Waals surface area contributed by atoms with Gasteiger partial charge >= 0.3 is 0 Å². The van der Waals surface area contributed by atoms with Crippen molar-refractivity contribution in [2.45, 2.75) is 34.1 Å². The molecule has 1 aliphatic rings. The molecule has 0 bridgehead atoms. The second kappa shape index (κ2) is 11.5. The number of hydrogen-bond acceptors (Lipinski definition) is 4. The molecular weight excluding hydrogens is 420 g/mol. The van der Waals surface area contributed by atoms with Crippen molar-refractivity contribution < 1.29 is 0 Å². The van der Waals surface area contributed by atoms with Gasteiger partial charge in [0.15, 0.2) is 0 Å². The number of rotatable bonds is 7. The minimum atomic E-state index is 0.807. The minimum absolute atomic E-state index is 0.807. The number of fused-ring (bicyclic) bond motifs is 1. The maximum Gasteiger partial charge on any atom is 0.139 e. The zero-order chi connectivity index (χ0) is 24.7. The van der Waals surface area contributed by atoms with Gasteiger partial charge in [-0.3, -0.25) is 0 Å². The fraction of sp³-hybridized carbons (Fsp3) is 0.286. The van der Waals surface area contributed by atoms with E-state index in [-0.39, 0.29) is 0 Å². The van der Waals surface area contributed by atoms with E-state index in [2.05, 4.69) is 70.0 Å². The van der Waals surface area contributed by atoms with Gasteiger partial charge in [-0.2, -0.15) is 0 Å². The zero-order valence-electron chi connectivity index (χ0n) is 21.0. The monoisotopic (exact) mass is 456 g/mol. The van der Waals surface area contributed by atoms with Gasteiger partial charge in [-0.25, -0.2) is 9.97 Å². The van der Waals surface area contributed by atoms with E-state index in [1.807, 2.05) is 51.0 Å². The van der Waals surface area contributed by atoms with Gasteiger partial charge in [0.25, 0.3) is 0 Å². The number of allylic oxidation sites excluding steroid dienone is 4. The molecule has 4 heterocycles. The Hall–Kier alpha value is -3.64. The number of aromatic nitrogens is 4. The first-order valence-corrected chi connectivity index (χ1v) is 11.8. The van der Waals surface area contributed by atoms with Gasteiger partial charge in [0.2, 0.25) is 0 Å². The normalized spacial score (nSPS) is 14.3. The molecule has 178 valence electrons. The Bertz CT molecular complexity index is 1270. The van der Waals surface area contributed by atoms with Crippen LogP contribution in [0.1, 0.15) is 38.6 Å². The van der Waals surface area contributed by atoms with Crippen molar-refractivity contribution in [3.8, 4) is 5.69 Å². The Morgan fingerprint density at radius 1 is 1.21 bits per heavy atom. The second-order valence-electron chi connectivity index (χ2n) is 8.02. The van der Waals surface area contributed by atoms with Gasteiger partial charge < -0.3 is 20.2 Å². The van der Waals surface area contributed by atoms with Crippen LogP contribution in [0.4, 0.5) is 0 Å². The Labute approximate surface area is 202 Å². The number of aryl methyl sites for hydroxylation is 1. The minimum Gasteiger partial charge on any atom is -0.388 e. The first-order valence-electron chi connectivity index (χ1n) is 11.8. The number of hydrogen-bond donors (Lipinski definition) is 3. The molecule has 0 aliphatic carbocycles. The number of pyridine rings is 1. The number of aromatic amines is 1. The molecule has 3 aromatic rings. The van der Waals surface area contributed by atoms with Crippen LogP contribution in [-0.4, -0.2) is 39.7 Å². The average Bonchev–Trinajstić information content (AvgIpc) is 3.51. The third-order valence-corrected chi connectivity index (χ3v) is 5.85. The maximum atomic E-state index is 4.50. The molecule has 1 aliphatic heterocycles. The summed E-state index contributed by atoms with van der Waals surface area (Å²) < 4.78 is 2.01. The lowest BCUT2D eigenvalue weighted by molar-refractivity contribution is 0.707. The van der Waals surface area contributed by atoms with Crippen molar-refractivity contribution in [3.63, 3.8) is 0 Å². The first kappa shape index (κ1) is 25.0. The molecule has 0 saturated carbocycles. The molecule has 6 heteroatoms. The molecule has 0 amide bonds. The largest absolute Gasteiger partial charge is 0.388 e. The fourth-order valence-electron chi connectivity index (χ4n) is 3.91. The average molecular weight is 457 g/mol. The predicted octanol–water partition coefficient (Wildman–Crippen LogP) is 5.62. The molecule has 0 spiro atoms. The summed E-state index contributed by atoms with van der Waals surface area (Å²) in [5, 5.41) is 7.63. The van der Waals surface area contributed by atoms with Crippen molar-refractivity contribution >= 4 is 16.6 Å². The standard InChI is InChI=1S/C26H30N6.C2H6/c1-17(21-8-11-28-12-9-21)6-7-23(27-5)19(3)20(4)24-14-22-25(10-13-29-26(22)31-24)32-15-18(2)30-16-32;1-2/h6-8,10,13-16,27-28H,3-4,9,11-12H2,1-2,5H3,(H,29,31);1-2H3/b17-6+,23-7+;. The lowest BCUT2D eigenvalue weighted by Crippen LogP contribution is -2.20. The highest BCUT2D eigenvalue weighted by Crippen LogP contribution is 2.29. The number of H-pyrrole nitrogens is 1. The highest BCUT2D eigenvalue weighted by molar-refractivity contribution is 5.91. The molecule has 4 rings (SSSR count). The highest BCUT2D eigenvalue weighted by atomic mass is 15.0. The van der Waals surface area contributed by atoms with E-state index in [1.54, 1.807) is 6.20 Å². The van der Waals surface area contributed by atoms with Crippen LogP contribution in [0.15, 0.2) is 84.7 Å². The van der Waals surface area contributed by atoms with Gasteiger partial charge in [-0.15, -0.1) is 0 Å². The van der Waals surface area contributed by atoms with Crippen LogP contribution in [0.2, 0.25) is 0 Å². The van der Waals surface area contributed by atoms with Crippen LogP contribution in [0.3, 0.4) is 0 Å². The van der Waals surface area contributed by atoms with Crippen LogP contribution in [-0.2, 0) is 0 Å². The predicted molar refractivity (Wildman–Crippen MR) is 144 cm³/mol. The molecule has 3 N–H and O–H groups in total. The van der Waals surface area contributed by atoms with Gasteiger partial charge in [0.1, 0.15) is 5.65 Å². The molecule has 0 fully saturated rings.